The van der Waals surface area contributed by atoms with Gasteiger partial charge in [0.15, 0.2) is 0 Å². The van der Waals surface area contributed by atoms with Crippen LogP contribution in [-0.4, -0.2) is 24.2 Å². The first-order chi connectivity index (χ1) is 45.0. The fraction of sp³-hybridized carbons (Fsp3) is 0.103. The Labute approximate surface area is 527 Å². The van der Waals surface area contributed by atoms with Gasteiger partial charge in [-0.05, 0) is 211 Å². The zero-order valence-corrected chi connectivity index (χ0v) is 51.4. The van der Waals surface area contributed by atoms with Crippen molar-refractivity contribution in [3.8, 4) is 5.69 Å². The highest BCUT2D eigenvalue weighted by atomic mass is 15.1. The van der Waals surface area contributed by atoms with E-state index in [-0.39, 0.29) is 0 Å². The van der Waals surface area contributed by atoms with Crippen molar-refractivity contribution in [3.63, 3.8) is 0 Å². The lowest BCUT2D eigenvalue weighted by molar-refractivity contribution is 0.888. The molecule has 0 aliphatic carbocycles. The van der Waals surface area contributed by atoms with E-state index in [2.05, 4.69) is 301 Å². The van der Waals surface area contributed by atoms with E-state index in [1.54, 1.807) is 0 Å². The van der Waals surface area contributed by atoms with Crippen LogP contribution < -0.4 is 14.7 Å². The lowest BCUT2D eigenvalue weighted by Crippen LogP contribution is -2.18. The van der Waals surface area contributed by atoms with Crippen molar-refractivity contribution in [1.82, 2.24) is 4.57 Å². The van der Waals surface area contributed by atoms with Crippen molar-refractivity contribution >= 4 is 185 Å². The first-order valence-electron chi connectivity index (χ1n) is 32.8. The zero-order chi connectivity index (χ0) is 60.2. The summed E-state index contributed by atoms with van der Waals surface area (Å²) in [6.45, 7) is 9.54. The standard InChI is InChI=1S/C87H64N4/c1-4-48-88(77-45-40-69-63-25-10-19-53-16-7-22-60(82(53)63)66-28-13-31-72(77)85(66)69)56-34-36-57(37-35-56)91-80-43-38-58(89(49-5-2)78-46-41-70-64-26-11-20-54-17-8-23-61(83(54)64)67-29-14-32-73(78)86(67)70)51-75(80)76-52-59(39-44-81(76)91)90(50-6-3)79-47-42-71-65-27-12-21-55-18-9-24-62(84(55)65)68-30-15-33-74(79)87(68)71/h7-47,51-52H,4-6,48-50H2,1-3H3. The van der Waals surface area contributed by atoms with Crippen LogP contribution in [0, 0.1) is 0 Å². The molecule has 4 nitrogen and oxygen atoms in total. The van der Waals surface area contributed by atoms with E-state index >= 15 is 0 Å². The SMILES string of the molecule is CCCN(c1ccc(-n2c3ccc(N(CCC)c4ccc5c6cccc7cccc(c8cccc4c85)c76)cc3c3cc(N(CCC)c4ccc5c6cccc7cccc(c8cccc4c85)c76)ccc32)cc1)c1ccc2c3cccc4cccc(c5cccc1c52)c43. The molecular weight excluding hydrogens is 1100 g/mol. The molecule has 0 saturated carbocycles. The van der Waals surface area contributed by atoms with Crippen LogP contribution >= 0.6 is 0 Å². The second-order valence-corrected chi connectivity index (χ2v) is 25.4. The molecule has 0 fully saturated rings. The Morgan fingerprint density at radius 3 is 0.813 bits per heavy atom. The molecule has 1 aromatic heterocycles. The van der Waals surface area contributed by atoms with E-state index in [9.17, 15) is 0 Å². The van der Waals surface area contributed by atoms with Crippen LogP contribution in [-0.2, 0) is 0 Å². The van der Waals surface area contributed by atoms with E-state index in [1.807, 2.05) is 0 Å². The first kappa shape index (κ1) is 52.0. The summed E-state index contributed by atoms with van der Waals surface area (Å²) in [5.41, 5.74) is 10.8. The third kappa shape index (κ3) is 7.45. The van der Waals surface area contributed by atoms with Gasteiger partial charge in [0.2, 0.25) is 0 Å². The zero-order valence-electron chi connectivity index (χ0n) is 51.4. The van der Waals surface area contributed by atoms with Gasteiger partial charge in [-0.3, -0.25) is 0 Å². The fourth-order valence-corrected chi connectivity index (χ4v) is 16.8. The second-order valence-electron chi connectivity index (χ2n) is 25.4. The van der Waals surface area contributed by atoms with E-state index in [1.165, 1.54) is 185 Å². The molecule has 0 amide bonds. The van der Waals surface area contributed by atoms with Crippen LogP contribution in [0.15, 0.2) is 261 Å². The number of hydrogen-bond donors (Lipinski definition) is 0. The average molecular weight is 1170 g/mol. The monoisotopic (exact) mass is 1160 g/mol. The second kappa shape index (κ2) is 20.0. The molecular formula is C87H64N4. The molecule has 18 aromatic carbocycles. The van der Waals surface area contributed by atoms with Gasteiger partial charge >= 0.3 is 0 Å². The van der Waals surface area contributed by atoms with Gasteiger partial charge in [0.05, 0.1) is 11.0 Å². The summed E-state index contributed by atoms with van der Waals surface area (Å²) >= 11 is 0. The van der Waals surface area contributed by atoms with Crippen molar-refractivity contribution in [2.24, 2.45) is 0 Å². The molecule has 0 aliphatic heterocycles. The van der Waals surface area contributed by atoms with Gasteiger partial charge < -0.3 is 19.3 Å². The van der Waals surface area contributed by atoms with Crippen LogP contribution in [0.1, 0.15) is 40.0 Å². The maximum atomic E-state index is 2.59. The molecule has 0 unspecified atom stereocenters. The van der Waals surface area contributed by atoms with E-state index in [0.717, 1.165) is 44.6 Å². The first-order valence-corrected chi connectivity index (χ1v) is 32.8. The Morgan fingerprint density at radius 1 is 0.231 bits per heavy atom. The van der Waals surface area contributed by atoms with Crippen LogP contribution in [0.4, 0.5) is 34.1 Å². The van der Waals surface area contributed by atoms with Gasteiger partial charge in [-0.15, -0.1) is 0 Å². The van der Waals surface area contributed by atoms with Crippen LogP contribution in [0.2, 0.25) is 0 Å². The number of rotatable bonds is 13. The topological polar surface area (TPSA) is 14.7 Å². The summed E-state index contributed by atoms with van der Waals surface area (Å²) in [5.74, 6) is 0. The van der Waals surface area contributed by atoms with Gasteiger partial charge in [0.25, 0.3) is 0 Å². The van der Waals surface area contributed by atoms with Crippen molar-refractivity contribution < 1.29 is 0 Å². The third-order valence-corrected chi connectivity index (χ3v) is 20.5. The van der Waals surface area contributed by atoms with Gasteiger partial charge in [0.1, 0.15) is 0 Å². The highest BCUT2D eigenvalue weighted by molar-refractivity contribution is 6.37. The van der Waals surface area contributed by atoms with Crippen LogP contribution in [0.3, 0.4) is 0 Å². The average Bonchev–Trinajstić information content (AvgIpc) is 1.68. The molecule has 19 aromatic rings. The summed E-state index contributed by atoms with van der Waals surface area (Å²) in [4.78, 5) is 7.73. The number of hydrogen-bond acceptors (Lipinski definition) is 3. The lowest BCUT2D eigenvalue weighted by Gasteiger charge is -2.28. The van der Waals surface area contributed by atoms with Crippen molar-refractivity contribution in [2.75, 3.05) is 34.3 Å². The number of benzene rings is 18. The Bertz CT molecular complexity index is 5750. The largest absolute Gasteiger partial charge is 0.341 e. The Kier molecular flexibility index (Phi) is 11.5. The summed E-state index contributed by atoms with van der Waals surface area (Å²) in [7, 11) is 0. The highest BCUT2D eigenvalue weighted by Crippen LogP contribution is 2.50. The summed E-state index contributed by atoms with van der Waals surface area (Å²) in [6, 6.07) is 99.8. The molecule has 0 aliphatic rings. The third-order valence-electron chi connectivity index (χ3n) is 20.5. The predicted molar refractivity (Wildman–Crippen MR) is 396 cm³/mol. The number of aromatic nitrogens is 1. The van der Waals surface area contributed by atoms with Gasteiger partial charge in [-0.2, -0.15) is 0 Å². The molecule has 4 heteroatoms. The minimum atomic E-state index is 0.868. The van der Waals surface area contributed by atoms with Crippen molar-refractivity contribution in [1.29, 1.82) is 0 Å². The normalized spacial score (nSPS) is 12.4. The van der Waals surface area contributed by atoms with Crippen LogP contribution in [0.25, 0.3) is 157 Å². The van der Waals surface area contributed by atoms with E-state index in [0.29, 0.717) is 0 Å². The Hall–Kier alpha value is -10.9. The van der Waals surface area contributed by atoms with Gasteiger partial charge in [-0.25, -0.2) is 0 Å². The number of fused-ring (bicyclic) bond motifs is 9. The maximum absolute atomic E-state index is 2.59. The van der Waals surface area contributed by atoms with Gasteiger partial charge in [-0.1, -0.05) is 203 Å². The van der Waals surface area contributed by atoms with Gasteiger partial charge in [0, 0.05) is 86.4 Å². The number of anilines is 6. The molecule has 0 radical (unpaired) electrons. The minimum absolute atomic E-state index is 0.868. The Balaban J connectivity index is 0.792. The Morgan fingerprint density at radius 2 is 0.495 bits per heavy atom. The maximum Gasteiger partial charge on any atom is 0.0542 e. The van der Waals surface area contributed by atoms with Crippen LogP contribution in [0.5, 0.6) is 0 Å². The molecule has 0 N–H and O–H groups in total. The molecule has 0 saturated heterocycles. The quantitative estimate of drug-likeness (QED) is 0.0845. The molecule has 91 heavy (non-hydrogen) atoms. The van der Waals surface area contributed by atoms with E-state index < -0.39 is 0 Å². The smallest absolute Gasteiger partial charge is 0.0542 e. The molecule has 432 valence electrons. The summed E-state index contributed by atoms with van der Waals surface area (Å²) in [5, 5.41) is 34.0. The summed E-state index contributed by atoms with van der Waals surface area (Å²) in [6.07, 6.45) is 2.98. The molecule has 0 bridgehead atoms. The van der Waals surface area contributed by atoms with E-state index in [4.69, 9.17) is 0 Å². The molecule has 0 spiro atoms. The fourth-order valence-electron chi connectivity index (χ4n) is 16.8. The number of nitrogens with zero attached hydrogens (tertiary/aromatic N) is 4. The molecule has 19 rings (SSSR count). The highest BCUT2D eigenvalue weighted by Gasteiger charge is 2.25. The molecule has 1 heterocycles. The predicted octanol–water partition coefficient (Wildman–Crippen LogP) is 24.6. The van der Waals surface area contributed by atoms with Crippen molar-refractivity contribution in [2.45, 2.75) is 40.0 Å². The summed E-state index contributed by atoms with van der Waals surface area (Å²) < 4.78 is 2.52. The minimum Gasteiger partial charge on any atom is -0.341 e. The van der Waals surface area contributed by atoms with Crippen molar-refractivity contribution in [3.05, 3.63) is 261 Å². The molecule has 0 atom stereocenters. The lowest BCUT2D eigenvalue weighted by atomic mass is 9.89.